The maximum Gasteiger partial charge on any atom is 0.269 e. The first-order chi connectivity index (χ1) is 15.1. The van der Waals surface area contributed by atoms with Gasteiger partial charge in [0.05, 0.1) is 17.6 Å². The van der Waals surface area contributed by atoms with Gasteiger partial charge in [-0.15, -0.1) is 0 Å². The molecule has 1 atom stereocenters. The number of nitrogens with zero attached hydrogens (tertiary/aromatic N) is 1. The summed E-state index contributed by atoms with van der Waals surface area (Å²) < 4.78 is 11.4. The lowest BCUT2D eigenvalue weighted by Gasteiger charge is -2.26. The van der Waals surface area contributed by atoms with E-state index in [2.05, 4.69) is 5.32 Å². The highest BCUT2D eigenvalue weighted by atomic mass is 16.6. The van der Waals surface area contributed by atoms with E-state index in [4.69, 9.17) is 9.47 Å². The molecule has 4 rings (SSSR count). The number of fused-ring (bicyclic) bond motifs is 1. The Hall–Kier alpha value is -3.87. The molecule has 0 fully saturated rings. The molecular formula is C24H22N2O5. The van der Waals surface area contributed by atoms with Crippen molar-refractivity contribution in [3.63, 3.8) is 0 Å². The van der Waals surface area contributed by atoms with Crippen molar-refractivity contribution in [3.05, 3.63) is 99.6 Å². The molecular weight excluding hydrogens is 396 g/mol. The molecule has 0 radical (unpaired) electrons. The number of amides is 1. The monoisotopic (exact) mass is 418 g/mol. The van der Waals surface area contributed by atoms with E-state index < -0.39 is 4.92 Å². The molecule has 1 aliphatic heterocycles. The molecule has 3 aromatic rings. The number of carbonyl (C=O) groups excluding carboxylic acids is 1. The van der Waals surface area contributed by atoms with Crippen LogP contribution in [0.5, 0.6) is 11.5 Å². The van der Waals surface area contributed by atoms with E-state index in [-0.39, 0.29) is 24.2 Å². The number of para-hydroxylation sites is 1. The van der Waals surface area contributed by atoms with Gasteiger partial charge in [0.1, 0.15) is 11.5 Å². The van der Waals surface area contributed by atoms with Crippen LogP contribution in [0.3, 0.4) is 0 Å². The SMILES string of the molecule is O=C(COc1ccc([N+](=O)[O-])cc1Cc1ccccc1)NC1CCOc2ccccc21. The van der Waals surface area contributed by atoms with Gasteiger partial charge in [0.2, 0.25) is 0 Å². The first-order valence-corrected chi connectivity index (χ1v) is 10.1. The predicted molar refractivity (Wildman–Crippen MR) is 115 cm³/mol. The zero-order valence-electron chi connectivity index (χ0n) is 16.8. The molecule has 0 saturated heterocycles. The van der Waals surface area contributed by atoms with Crippen molar-refractivity contribution in [3.8, 4) is 11.5 Å². The highest BCUT2D eigenvalue weighted by molar-refractivity contribution is 5.78. The second-order valence-corrected chi connectivity index (χ2v) is 7.30. The zero-order chi connectivity index (χ0) is 21.6. The van der Waals surface area contributed by atoms with Gasteiger partial charge in [-0.1, -0.05) is 48.5 Å². The largest absolute Gasteiger partial charge is 0.493 e. The third kappa shape index (κ3) is 5.01. The number of ether oxygens (including phenoxy) is 2. The fraction of sp³-hybridized carbons (Fsp3) is 0.208. The van der Waals surface area contributed by atoms with Crippen LogP contribution in [0.25, 0.3) is 0 Å². The van der Waals surface area contributed by atoms with Crippen molar-refractivity contribution in [1.82, 2.24) is 5.32 Å². The number of hydrogen-bond acceptors (Lipinski definition) is 5. The third-order valence-electron chi connectivity index (χ3n) is 5.14. The fourth-order valence-corrected chi connectivity index (χ4v) is 3.65. The van der Waals surface area contributed by atoms with Crippen LogP contribution in [-0.4, -0.2) is 24.0 Å². The lowest BCUT2D eigenvalue weighted by molar-refractivity contribution is -0.384. The zero-order valence-corrected chi connectivity index (χ0v) is 16.8. The van der Waals surface area contributed by atoms with Crippen molar-refractivity contribution < 1.29 is 19.2 Å². The number of nitro benzene ring substituents is 1. The van der Waals surface area contributed by atoms with E-state index >= 15 is 0 Å². The normalized spacial score (nSPS) is 14.8. The lowest BCUT2D eigenvalue weighted by Crippen LogP contribution is -2.35. The van der Waals surface area contributed by atoms with Crippen molar-refractivity contribution >= 4 is 11.6 Å². The van der Waals surface area contributed by atoms with Gasteiger partial charge >= 0.3 is 0 Å². The number of benzene rings is 3. The van der Waals surface area contributed by atoms with Crippen molar-refractivity contribution in [2.24, 2.45) is 0 Å². The molecule has 0 aliphatic carbocycles. The summed E-state index contributed by atoms with van der Waals surface area (Å²) in [6, 6.07) is 21.5. The topological polar surface area (TPSA) is 90.7 Å². The summed E-state index contributed by atoms with van der Waals surface area (Å²) in [5.41, 5.74) is 2.59. The Kier molecular flexibility index (Phi) is 6.12. The van der Waals surface area contributed by atoms with E-state index in [1.165, 1.54) is 12.1 Å². The van der Waals surface area contributed by atoms with E-state index in [0.29, 0.717) is 30.8 Å². The predicted octanol–water partition coefficient (Wildman–Crippen LogP) is 4.20. The van der Waals surface area contributed by atoms with Crippen LogP contribution in [0.2, 0.25) is 0 Å². The number of non-ortho nitro benzene ring substituents is 1. The Balaban J connectivity index is 1.45. The molecule has 1 N–H and O–H groups in total. The molecule has 158 valence electrons. The molecule has 7 heteroatoms. The molecule has 1 amide bonds. The van der Waals surface area contributed by atoms with Crippen molar-refractivity contribution in [2.45, 2.75) is 18.9 Å². The van der Waals surface area contributed by atoms with Crippen LogP contribution in [-0.2, 0) is 11.2 Å². The fourth-order valence-electron chi connectivity index (χ4n) is 3.65. The second-order valence-electron chi connectivity index (χ2n) is 7.30. The van der Waals surface area contributed by atoms with Gasteiger partial charge in [0.15, 0.2) is 6.61 Å². The number of rotatable bonds is 7. The van der Waals surface area contributed by atoms with Crippen LogP contribution in [0, 0.1) is 10.1 Å². The third-order valence-corrected chi connectivity index (χ3v) is 5.14. The molecule has 1 unspecified atom stereocenters. The van der Waals surface area contributed by atoms with Crippen LogP contribution < -0.4 is 14.8 Å². The molecule has 0 aromatic heterocycles. The Labute approximate surface area is 179 Å². The van der Waals surface area contributed by atoms with Crippen LogP contribution >= 0.6 is 0 Å². The number of carbonyl (C=O) groups is 1. The average molecular weight is 418 g/mol. The summed E-state index contributed by atoms with van der Waals surface area (Å²) in [6.45, 7) is 0.353. The molecule has 1 heterocycles. The molecule has 31 heavy (non-hydrogen) atoms. The quantitative estimate of drug-likeness (QED) is 0.459. The first-order valence-electron chi connectivity index (χ1n) is 10.1. The van der Waals surface area contributed by atoms with E-state index in [9.17, 15) is 14.9 Å². The Morgan fingerprint density at radius 2 is 1.87 bits per heavy atom. The van der Waals surface area contributed by atoms with Crippen LogP contribution in [0.4, 0.5) is 5.69 Å². The van der Waals surface area contributed by atoms with Gasteiger partial charge < -0.3 is 14.8 Å². The molecule has 0 saturated carbocycles. The van der Waals surface area contributed by atoms with Gasteiger partial charge in [-0.2, -0.15) is 0 Å². The van der Waals surface area contributed by atoms with Crippen molar-refractivity contribution in [2.75, 3.05) is 13.2 Å². The van der Waals surface area contributed by atoms with Crippen LogP contribution in [0.15, 0.2) is 72.8 Å². The highest BCUT2D eigenvalue weighted by Gasteiger charge is 2.23. The first kappa shape index (κ1) is 20.4. The van der Waals surface area contributed by atoms with E-state index in [0.717, 1.165) is 16.9 Å². The summed E-state index contributed by atoms with van der Waals surface area (Å²) in [7, 11) is 0. The standard InChI is InChI=1S/C24H22N2O5/c27-24(25-21-12-13-30-23-9-5-4-8-20(21)23)16-31-22-11-10-19(26(28)29)15-18(22)14-17-6-2-1-3-7-17/h1-11,15,21H,12-14,16H2,(H,25,27). The molecule has 0 spiro atoms. The number of nitrogens with one attached hydrogen (secondary N) is 1. The smallest absolute Gasteiger partial charge is 0.269 e. The van der Waals surface area contributed by atoms with E-state index in [1.54, 1.807) is 6.07 Å². The highest BCUT2D eigenvalue weighted by Crippen LogP contribution is 2.31. The minimum atomic E-state index is -0.437. The minimum absolute atomic E-state index is 0.0125. The summed E-state index contributed by atoms with van der Waals surface area (Å²) in [4.78, 5) is 23.3. The average Bonchev–Trinajstić information content (AvgIpc) is 2.79. The summed E-state index contributed by atoms with van der Waals surface area (Å²) >= 11 is 0. The van der Waals surface area contributed by atoms with Gasteiger partial charge in [-0.25, -0.2) is 0 Å². The van der Waals surface area contributed by atoms with Gasteiger partial charge in [-0.05, 0) is 17.7 Å². The van der Waals surface area contributed by atoms with Gasteiger partial charge in [0, 0.05) is 36.1 Å². The summed E-state index contributed by atoms with van der Waals surface area (Å²) in [5.74, 6) is 0.975. The van der Waals surface area contributed by atoms with E-state index in [1.807, 2.05) is 54.6 Å². The maximum atomic E-state index is 12.6. The molecule has 7 nitrogen and oxygen atoms in total. The maximum absolute atomic E-state index is 12.6. The summed E-state index contributed by atoms with van der Waals surface area (Å²) in [6.07, 6.45) is 1.15. The Morgan fingerprint density at radius 3 is 2.68 bits per heavy atom. The Morgan fingerprint density at radius 1 is 1.10 bits per heavy atom. The number of hydrogen-bond donors (Lipinski definition) is 1. The molecule has 0 bridgehead atoms. The van der Waals surface area contributed by atoms with Gasteiger partial charge in [-0.3, -0.25) is 14.9 Å². The van der Waals surface area contributed by atoms with Gasteiger partial charge in [0.25, 0.3) is 11.6 Å². The molecule has 3 aromatic carbocycles. The number of nitro groups is 1. The molecule has 1 aliphatic rings. The van der Waals surface area contributed by atoms with Crippen LogP contribution in [0.1, 0.15) is 29.2 Å². The van der Waals surface area contributed by atoms with Crippen molar-refractivity contribution in [1.29, 1.82) is 0 Å². The summed E-state index contributed by atoms with van der Waals surface area (Å²) in [5, 5.41) is 14.2. The lowest BCUT2D eigenvalue weighted by atomic mass is 10.0. The Bertz CT molecular complexity index is 1080. The minimum Gasteiger partial charge on any atom is -0.493 e. The second kappa shape index (κ2) is 9.30.